The molecule has 1 heterocycles. The van der Waals surface area contributed by atoms with Gasteiger partial charge < -0.3 is 4.42 Å². The van der Waals surface area contributed by atoms with Crippen molar-refractivity contribution in [3.05, 3.63) is 53.0 Å². The zero-order valence-corrected chi connectivity index (χ0v) is 11.7. The third kappa shape index (κ3) is 3.39. The molecule has 3 N–H and O–H groups in total. The molecule has 0 saturated carbocycles. The first-order valence-corrected chi connectivity index (χ1v) is 6.88. The number of benzene rings is 1. The minimum Gasteiger partial charge on any atom is -0.465 e. The van der Waals surface area contributed by atoms with Crippen LogP contribution in [0, 0.1) is 13.8 Å². The number of carbonyl (C=O) groups excluding carboxylic acids is 1. The molecule has 0 aliphatic heterocycles. The zero-order chi connectivity index (χ0) is 13.8. The Balaban J connectivity index is 2.04. The fourth-order valence-corrected chi connectivity index (χ4v) is 2.49. The van der Waals surface area contributed by atoms with Crippen LogP contribution in [0.25, 0.3) is 0 Å². The summed E-state index contributed by atoms with van der Waals surface area (Å²) in [4.78, 5) is 12.6. The predicted molar refractivity (Wildman–Crippen MR) is 75.8 cm³/mol. The lowest BCUT2D eigenvalue weighted by molar-refractivity contribution is 0.0952. The number of hydrogen-bond donors (Lipinski definition) is 2. The summed E-state index contributed by atoms with van der Waals surface area (Å²) < 4.78 is 5.55. The second kappa shape index (κ2) is 5.95. The molecule has 0 aliphatic carbocycles. The smallest absolute Gasteiger partial charge is 0.268 e. The van der Waals surface area contributed by atoms with Crippen molar-refractivity contribution in [2.24, 2.45) is 5.84 Å². The summed E-state index contributed by atoms with van der Waals surface area (Å²) in [5.41, 5.74) is 3.83. The normalized spacial score (nSPS) is 10.5. The van der Waals surface area contributed by atoms with E-state index in [-0.39, 0.29) is 5.91 Å². The first-order chi connectivity index (χ1) is 9.10. The van der Waals surface area contributed by atoms with Crippen LogP contribution >= 0.6 is 11.8 Å². The number of hydrogen-bond acceptors (Lipinski definition) is 4. The van der Waals surface area contributed by atoms with Crippen LogP contribution in [0.3, 0.4) is 0 Å². The van der Waals surface area contributed by atoms with Gasteiger partial charge in [0.15, 0.2) is 0 Å². The molecule has 1 aromatic heterocycles. The Morgan fingerprint density at radius 2 is 2.00 bits per heavy atom. The van der Waals surface area contributed by atoms with Crippen molar-refractivity contribution in [1.82, 2.24) is 5.43 Å². The lowest BCUT2D eigenvalue weighted by Gasteiger charge is -1.99. The number of thioether (sulfide) groups is 1. The lowest BCUT2D eigenvalue weighted by Crippen LogP contribution is -2.30. The number of aryl methyl sites for hydroxylation is 2. The fourth-order valence-electron chi connectivity index (χ4n) is 1.71. The first-order valence-electron chi connectivity index (χ1n) is 5.90. The number of nitrogens with one attached hydrogen (secondary N) is 1. The van der Waals surface area contributed by atoms with Gasteiger partial charge >= 0.3 is 0 Å². The van der Waals surface area contributed by atoms with Crippen molar-refractivity contribution >= 4 is 17.7 Å². The molecule has 100 valence electrons. The van der Waals surface area contributed by atoms with Crippen molar-refractivity contribution in [3.63, 3.8) is 0 Å². The molecule has 0 atom stereocenters. The van der Waals surface area contributed by atoms with Crippen LogP contribution in [-0.2, 0) is 5.75 Å². The molecule has 19 heavy (non-hydrogen) atoms. The summed E-state index contributed by atoms with van der Waals surface area (Å²) in [6, 6.07) is 10.0. The quantitative estimate of drug-likeness (QED) is 0.390. The van der Waals surface area contributed by atoms with Crippen LogP contribution in [0.15, 0.2) is 39.6 Å². The number of nitrogen functional groups attached to an aromatic ring is 1. The van der Waals surface area contributed by atoms with E-state index in [1.807, 2.05) is 0 Å². The van der Waals surface area contributed by atoms with Crippen molar-refractivity contribution in [2.75, 3.05) is 0 Å². The third-order valence-electron chi connectivity index (χ3n) is 2.75. The Morgan fingerprint density at radius 1 is 1.32 bits per heavy atom. The Hall–Kier alpha value is -1.72. The van der Waals surface area contributed by atoms with Crippen molar-refractivity contribution in [2.45, 2.75) is 24.5 Å². The Labute approximate surface area is 116 Å². The second-order valence-electron chi connectivity index (χ2n) is 4.26. The molecule has 0 fully saturated rings. The molecule has 0 unspecified atom stereocenters. The van der Waals surface area contributed by atoms with Crippen LogP contribution < -0.4 is 11.3 Å². The standard InChI is InChI=1S/C14H16N2O2S/c1-9-3-5-12(6-4-9)19-8-11-7-13(10(2)18-11)14(17)16-15/h3-7H,8,15H2,1-2H3,(H,16,17). The average Bonchev–Trinajstić information content (AvgIpc) is 2.78. The summed E-state index contributed by atoms with van der Waals surface area (Å²) >= 11 is 1.67. The van der Waals surface area contributed by atoms with E-state index in [4.69, 9.17) is 10.3 Å². The number of hydrazine groups is 1. The number of amides is 1. The van der Waals surface area contributed by atoms with Crippen LogP contribution in [-0.4, -0.2) is 5.91 Å². The van der Waals surface area contributed by atoms with Gasteiger partial charge in [0.2, 0.25) is 0 Å². The van der Waals surface area contributed by atoms with E-state index in [2.05, 4.69) is 36.6 Å². The molecule has 0 saturated heterocycles. The number of nitrogens with two attached hydrogens (primary N) is 1. The molecule has 0 spiro atoms. The van der Waals surface area contributed by atoms with Crippen LogP contribution in [0.5, 0.6) is 0 Å². The van der Waals surface area contributed by atoms with E-state index in [1.165, 1.54) is 10.5 Å². The van der Waals surface area contributed by atoms with Gasteiger partial charge in [-0.3, -0.25) is 10.2 Å². The maximum atomic E-state index is 11.5. The summed E-state index contributed by atoms with van der Waals surface area (Å²) in [6.07, 6.45) is 0. The molecule has 4 nitrogen and oxygen atoms in total. The van der Waals surface area contributed by atoms with Gasteiger partial charge in [-0.15, -0.1) is 11.8 Å². The topological polar surface area (TPSA) is 68.3 Å². The van der Waals surface area contributed by atoms with Gasteiger partial charge in [-0.25, -0.2) is 5.84 Å². The molecule has 1 aromatic carbocycles. The van der Waals surface area contributed by atoms with Gasteiger partial charge in [-0.05, 0) is 32.0 Å². The molecule has 0 aliphatic rings. The van der Waals surface area contributed by atoms with Crippen molar-refractivity contribution in [1.29, 1.82) is 0 Å². The van der Waals surface area contributed by atoms with E-state index < -0.39 is 0 Å². The Morgan fingerprint density at radius 3 is 2.63 bits per heavy atom. The van der Waals surface area contributed by atoms with E-state index in [9.17, 15) is 4.79 Å². The largest absolute Gasteiger partial charge is 0.465 e. The van der Waals surface area contributed by atoms with E-state index in [0.717, 1.165) is 5.76 Å². The molecule has 0 radical (unpaired) electrons. The maximum Gasteiger partial charge on any atom is 0.268 e. The number of furan rings is 1. The molecule has 5 heteroatoms. The van der Waals surface area contributed by atoms with E-state index in [1.54, 1.807) is 24.8 Å². The molecule has 2 aromatic rings. The monoisotopic (exact) mass is 276 g/mol. The van der Waals surface area contributed by atoms with Gasteiger partial charge in [0.25, 0.3) is 5.91 Å². The van der Waals surface area contributed by atoms with Gasteiger partial charge in [0, 0.05) is 4.90 Å². The molecular formula is C14H16N2O2S. The SMILES string of the molecule is Cc1ccc(SCc2cc(C(=O)NN)c(C)o2)cc1. The highest BCUT2D eigenvalue weighted by Crippen LogP contribution is 2.25. The third-order valence-corrected chi connectivity index (χ3v) is 3.78. The first kappa shape index (κ1) is 13.7. The summed E-state index contributed by atoms with van der Waals surface area (Å²) in [5, 5.41) is 0. The molecule has 1 amide bonds. The maximum absolute atomic E-state index is 11.5. The van der Waals surface area contributed by atoms with E-state index >= 15 is 0 Å². The molecular weight excluding hydrogens is 260 g/mol. The highest BCUT2D eigenvalue weighted by atomic mass is 32.2. The average molecular weight is 276 g/mol. The minimum absolute atomic E-state index is 0.326. The highest BCUT2D eigenvalue weighted by Gasteiger charge is 2.13. The number of rotatable bonds is 4. The van der Waals surface area contributed by atoms with Gasteiger partial charge in [0.05, 0.1) is 11.3 Å². The van der Waals surface area contributed by atoms with E-state index in [0.29, 0.717) is 17.1 Å². The Kier molecular flexibility index (Phi) is 4.29. The highest BCUT2D eigenvalue weighted by molar-refractivity contribution is 7.98. The van der Waals surface area contributed by atoms with Crippen molar-refractivity contribution < 1.29 is 9.21 Å². The van der Waals surface area contributed by atoms with Crippen LogP contribution in [0.4, 0.5) is 0 Å². The number of carbonyl (C=O) groups is 1. The van der Waals surface area contributed by atoms with Gasteiger partial charge in [-0.2, -0.15) is 0 Å². The Bertz CT molecular complexity index is 576. The summed E-state index contributed by atoms with van der Waals surface area (Å²) in [7, 11) is 0. The summed E-state index contributed by atoms with van der Waals surface area (Å²) in [6.45, 7) is 3.81. The predicted octanol–water partition coefficient (Wildman–Crippen LogP) is 2.79. The van der Waals surface area contributed by atoms with Crippen molar-refractivity contribution in [3.8, 4) is 0 Å². The van der Waals surface area contributed by atoms with Crippen LogP contribution in [0.2, 0.25) is 0 Å². The molecule has 0 bridgehead atoms. The second-order valence-corrected chi connectivity index (χ2v) is 5.31. The van der Waals surface area contributed by atoms with Gasteiger partial charge in [-0.1, -0.05) is 17.7 Å². The zero-order valence-electron chi connectivity index (χ0n) is 10.9. The lowest BCUT2D eigenvalue weighted by atomic mass is 10.2. The summed E-state index contributed by atoms with van der Waals surface area (Å²) in [5.74, 6) is 6.82. The minimum atomic E-state index is -0.326. The van der Waals surface area contributed by atoms with Crippen LogP contribution in [0.1, 0.15) is 27.4 Å². The molecule has 2 rings (SSSR count). The van der Waals surface area contributed by atoms with Gasteiger partial charge in [0.1, 0.15) is 11.5 Å². The fraction of sp³-hybridized carbons (Fsp3) is 0.214.